The summed E-state index contributed by atoms with van der Waals surface area (Å²) in [5, 5.41) is 0. The Morgan fingerprint density at radius 1 is 1.75 bits per heavy atom. The van der Waals surface area contributed by atoms with E-state index >= 15 is 0 Å². The second-order valence-corrected chi connectivity index (χ2v) is 4.13. The largest absolute Gasteiger partial charge is 0.332 e. The fourth-order valence-corrected chi connectivity index (χ4v) is 2.29. The van der Waals surface area contributed by atoms with Crippen molar-refractivity contribution in [3.05, 3.63) is 18.4 Å². The lowest BCUT2D eigenvalue weighted by Gasteiger charge is -2.30. The van der Waals surface area contributed by atoms with Gasteiger partial charge in [0.1, 0.15) is 0 Å². The summed E-state index contributed by atoms with van der Waals surface area (Å²) in [5.74, 6) is 2.87. The topological polar surface area (TPSA) is 20.3 Å². The number of nitrogens with zero attached hydrogens (tertiary/aromatic N) is 1. The first-order valence-corrected chi connectivity index (χ1v) is 5.85. The number of terminal acetylenes is 1. The van der Waals surface area contributed by atoms with E-state index in [1.54, 1.807) is 0 Å². The number of hydrogen-bond acceptors (Lipinski definition) is 1. The average Bonchev–Trinajstić information content (AvgIpc) is 2.60. The summed E-state index contributed by atoms with van der Waals surface area (Å²) in [5.41, 5.74) is 2.79. The molecule has 1 saturated heterocycles. The average molecular weight is 217 g/mol. The molecule has 0 aromatic rings. The third-order valence-corrected chi connectivity index (χ3v) is 2.98. The highest BCUT2D eigenvalue weighted by Gasteiger charge is 2.34. The molecular weight excluding hydrogens is 198 g/mol. The van der Waals surface area contributed by atoms with E-state index in [0.717, 1.165) is 19.3 Å². The molecule has 16 heavy (non-hydrogen) atoms. The van der Waals surface area contributed by atoms with Gasteiger partial charge in [-0.15, -0.1) is 18.1 Å². The minimum atomic E-state index is 0.121. The van der Waals surface area contributed by atoms with Crippen molar-refractivity contribution < 1.29 is 4.79 Å². The summed E-state index contributed by atoms with van der Waals surface area (Å²) < 4.78 is 0. The highest BCUT2D eigenvalue weighted by molar-refractivity contribution is 5.79. The van der Waals surface area contributed by atoms with Gasteiger partial charge >= 0.3 is 0 Å². The summed E-state index contributed by atoms with van der Waals surface area (Å²) in [6.07, 6.45) is 11.4. The van der Waals surface area contributed by atoms with E-state index in [1.807, 2.05) is 11.0 Å². The van der Waals surface area contributed by atoms with E-state index in [4.69, 9.17) is 6.42 Å². The molecule has 0 N–H and O–H groups in total. The Kier molecular flexibility index (Phi) is 4.89. The number of carbonyl (C=O) groups excluding carboxylic acids is 1. The van der Waals surface area contributed by atoms with Gasteiger partial charge in [0, 0.05) is 18.9 Å². The standard InChI is InChI=1S/C14H19NO/c1-4-7-12(8-5-2)15-13(9-6-3)10-11-14(15)16/h3,7,12-13H,1,5,8-11H2,2H3. The number of amides is 1. The summed E-state index contributed by atoms with van der Waals surface area (Å²) in [7, 11) is 0. The molecule has 0 aromatic heterocycles. The van der Waals surface area contributed by atoms with Crippen LogP contribution in [0.3, 0.4) is 0 Å². The molecule has 2 heteroatoms. The molecule has 0 saturated carbocycles. The molecule has 1 rings (SSSR count). The van der Waals surface area contributed by atoms with Gasteiger partial charge in [-0.3, -0.25) is 4.79 Å². The van der Waals surface area contributed by atoms with E-state index in [9.17, 15) is 4.79 Å². The van der Waals surface area contributed by atoms with Crippen LogP contribution in [-0.2, 0) is 4.79 Å². The van der Waals surface area contributed by atoms with Crippen molar-refractivity contribution in [1.82, 2.24) is 4.90 Å². The molecule has 1 aliphatic rings. The molecule has 0 aromatic carbocycles. The molecule has 1 amide bonds. The van der Waals surface area contributed by atoms with Crippen LogP contribution < -0.4 is 0 Å². The monoisotopic (exact) mass is 217 g/mol. The van der Waals surface area contributed by atoms with E-state index in [2.05, 4.69) is 25.2 Å². The Hall–Kier alpha value is -1.45. The zero-order valence-electron chi connectivity index (χ0n) is 9.91. The SMILES string of the molecule is C#CCC1CCC(=O)N1C(C=C=C)CCC. The molecule has 2 atom stereocenters. The van der Waals surface area contributed by atoms with Crippen LogP contribution in [0.5, 0.6) is 0 Å². The first-order valence-electron chi connectivity index (χ1n) is 5.85. The molecule has 1 aliphatic heterocycles. The van der Waals surface area contributed by atoms with Crippen molar-refractivity contribution >= 4 is 5.91 Å². The molecule has 0 aliphatic carbocycles. The first kappa shape index (κ1) is 12.6. The molecule has 0 radical (unpaired) electrons. The lowest BCUT2D eigenvalue weighted by atomic mass is 10.1. The van der Waals surface area contributed by atoms with Gasteiger partial charge in [-0.05, 0) is 18.9 Å². The molecule has 2 nitrogen and oxygen atoms in total. The summed E-state index contributed by atoms with van der Waals surface area (Å²) >= 11 is 0. The quantitative estimate of drug-likeness (QED) is 0.512. The molecule has 1 fully saturated rings. The third-order valence-electron chi connectivity index (χ3n) is 2.98. The van der Waals surface area contributed by atoms with Crippen LogP contribution in [0, 0.1) is 12.3 Å². The van der Waals surface area contributed by atoms with Crippen molar-refractivity contribution in [2.75, 3.05) is 0 Å². The highest BCUT2D eigenvalue weighted by Crippen LogP contribution is 2.26. The van der Waals surface area contributed by atoms with Crippen LogP contribution in [0.2, 0.25) is 0 Å². The van der Waals surface area contributed by atoms with E-state index in [1.165, 1.54) is 0 Å². The second-order valence-electron chi connectivity index (χ2n) is 4.13. The van der Waals surface area contributed by atoms with Gasteiger partial charge in [-0.25, -0.2) is 0 Å². The van der Waals surface area contributed by atoms with E-state index in [0.29, 0.717) is 12.8 Å². The molecule has 86 valence electrons. The molecule has 1 heterocycles. The first-order chi connectivity index (χ1) is 7.74. The van der Waals surface area contributed by atoms with Gasteiger partial charge in [-0.1, -0.05) is 19.9 Å². The van der Waals surface area contributed by atoms with Gasteiger partial charge in [-0.2, -0.15) is 0 Å². The number of likely N-dealkylation sites (tertiary alicyclic amines) is 1. The fraction of sp³-hybridized carbons (Fsp3) is 0.571. The predicted octanol–water partition coefficient (Wildman–Crippen LogP) is 2.51. The van der Waals surface area contributed by atoms with Crippen molar-refractivity contribution in [3.8, 4) is 12.3 Å². The molecule has 0 bridgehead atoms. The minimum Gasteiger partial charge on any atom is -0.332 e. The molecular formula is C14H19NO. The maximum atomic E-state index is 11.8. The van der Waals surface area contributed by atoms with Crippen LogP contribution in [0.25, 0.3) is 0 Å². The Morgan fingerprint density at radius 3 is 3.06 bits per heavy atom. The van der Waals surface area contributed by atoms with Crippen LogP contribution in [0.1, 0.15) is 39.0 Å². The zero-order chi connectivity index (χ0) is 12.0. The van der Waals surface area contributed by atoms with Crippen molar-refractivity contribution in [1.29, 1.82) is 0 Å². The van der Waals surface area contributed by atoms with Gasteiger partial charge < -0.3 is 4.90 Å². The lowest BCUT2D eigenvalue weighted by molar-refractivity contribution is -0.130. The summed E-state index contributed by atoms with van der Waals surface area (Å²) in [6.45, 7) is 5.70. The van der Waals surface area contributed by atoms with Gasteiger partial charge in [0.2, 0.25) is 5.91 Å². The number of hydrogen-bond donors (Lipinski definition) is 0. The Bertz CT molecular complexity index is 333. The second kappa shape index (κ2) is 6.20. The Morgan fingerprint density at radius 2 is 2.50 bits per heavy atom. The number of rotatable bonds is 5. The fourth-order valence-electron chi connectivity index (χ4n) is 2.29. The molecule has 2 unspecified atom stereocenters. The third kappa shape index (κ3) is 2.78. The van der Waals surface area contributed by atoms with E-state index < -0.39 is 0 Å². The van der Waals surface area contributed by atoms with Crippen LogP contribution in [0.4, 0.5) is 0 Å². The summed E-state index contributed by atoms with van der Waals surface area (Å²) in [6, 6.07) is 0.328. The smallest absolute Gasteiger partial charge is 0.223 e. The van der Waals surface area contributed by atoms with Crippen LogP contribution >= 0.6 is 0 Å². The van der Waals surface area contributed by atoms with Crippen LogP contribution in [-0.4, -0.2) is 22.9 Å². The zero-order valence-corrected chi connectivity index (χ0v) is 9.91. The lowest BCUT2D eigenvalue weighted by Crippen LogP contribution is -2.40. The minimum absolute atomic E-state index is 0.121. The van der Waals surface area contributed by atoms with Crippen LogP contribution in [0.15, 0.2) is 18.4 Å². The van der Waals surface area contributed by atoms with Crippen molar-refractivity contribution in [2.45, 2.75) is 51.1 Å². The number of carbonyl (C=O) groups is 1. The van der Waals surface area contributed by atoms with Crippen molar-refractivity contribution in [3.63, 3.8) is 0 Å². The molecule has 0 spiro atoms. The van der Waals surface area contributed by atoms with Crippen molar-refractivity contribution in [2.24, 2.45) is 0 Å². The Balaban J connectivity index is 2.82. The maximum absolute atomic E-state index is 11.8. The Labute approximate surface area is 98.0 Å². The normalized spacial score (nSPS) is 21.4. The van der Waals surface area contributed by atoms with Gasteiger partial charge in [0.05, 0.1) is 6.04 Å². The maximum Gasteiger partial charge on any atom is 0.223 e. The highest BCUT2D eigenvalue weighted by atomic mass is 16.2. The van der Waals surface area contributed by atoms with Gasteiger partial charge in [0.25, 0.3) is 0 Å². The summed E-state index contributed by atoms with van der Waals surface area (Å²) in [4.78, 5) is 13.8. The van der Waals surface area contributed by atoms with Gasteiger partial charge in [0.15, 0.2) is 0 Å². The predicted molar refractivity (Wildman–Crippen MR) is 65.7 cm³/mol. The van der Waals surface area contributed by atoms with E-state index in [-0.39, 0.29) is 18.0 Å².